The van der Waals surface area contributed by atoms with Gasteiger partial charge in [-0.15, -0.1) is 0 Å². The maximum Gasteiger partial charge on any atom is 0.260 e. The van der Waals surface area contributed by atoms with Gasteiger partial charge >= 0.3 is 0 Å². The molecule has 3 aliphatic rings. The molecule has 1 N–H and O–H groups in total. The zero-order valence-electron chi connectivity index (χ0n) is 15.6. The van der Waals surface area contributed by atoms with Crippen molar-refractivity contribution in [1.82, 2.24) is 24.6 Å². The van der Waals surface area contributed by atoms with Crippen molar-refractivity contribution in [2.45, 2.75) is 43.7 Å². The zero-order chi connectivity index (χ0) is 20.3. The van der Waals surface area contributed by atoms with Gasteiger partial charge in [-0.3, -0.25) is 9.48 Å². The molecule has 0 radical (unpaired) electrons. The fourth-order valence-electron chi connectivity index (χ4n) is 4.28. The van der Waals surface area contributed by atoms with Crippen LogP contribution in [-0.4, -0.2) is 48.6 Å². The second-order valence-corrected chi connectivity index (χ2v) is 8.28. The molecule has 10 heteroatoms. The first-order valence-electron chi connectivity index (χ1n) is 9.51. The molecule has 2 aliphatic heterocycles. The Morgan fingerprint density at radius 3 is 2.79 bits per heavy atom. The summed E-state index contributed by atoms with van der Waals surface area (Å²) in [5.74, 6) is -4.03. The van der Waals surface area contributed by atoms with E-state index < -0.39 is 17.7 Å². The van der Waals surface area contributed by atoms with Crippen LogP contribution in [-0.2, 0) is 11.8 Å². The van der Waals surface area contributed by atoms with Gasteiger partial charge in [-0.2, -0.15) is 5.10 Å². The van der Waals surface area contributed by atoms with Crippen molar-refractivity contribution in [2.24, 2.45) is 13.0 Å². The predicted molar refractivity (Wildman–Crippen MR) is 103 cm³/mol. The number of alkyl halides is 2. The molecule has 5 rings (SSSR count). The van der Waals surface area contributed by atoms with E-state index in [0.717, 1.165) is 24.1 Å². The van der Waals surface area contributed by atoms with E-state index in [1.807, 2.05) is 13.1 Å². The number of carbonyl (C=O) groups is 1. The number of carbonyl (C=O) groups excluding carboxylic acids is 1. The van der Waals surface area contributed by atoms with Gasteiger partial charge in [0.15, 0.2) is 0 Å². The zero-order valence-corrected chi connectivity index (χ0v) is 16.4. The molecule has 2 bridgehead atoms. The maximum absolute atomic E-state index is 13.4. The molecular weight excluding hydrogens is 402 g/mol. The van der Waals surface area contributed by atoms with Gasteiger partial charge in [0.1, 0.15) is 5.92 Å². The second-order valence-electron chi connectivity index (χ2n) is 7.88. The number of halogens is 3. The number of fused-ring (bicyclic) bond motifs is 2. The number of nitrogens with zero attached hydrogens (tertiary/aromatic N) is 5. The highest BCUT2D eigenvalue weighted by atomic mass is 35.5. The number of hydrogen-bond donors (Lipinski definition) is 1. The number of nitrogens with one attached hydrogen (secondary N) is 1. The number of rotatable bonds is 4. The summed E-state index contributed by atoms with van der Waals surface area (Å²) in [5.41, 5.74) is 2.28. The topological polar surface area (TPSA) is 75.9 Å². The first-order chi connectivity index (χ1) is 13.8. The van der Waals surface area contributed by atoms with E-state index in [1.54, 1.807) is 22.0 Å². The molecule has 1 aliphatic carbocycles. The highest BCUT2D eigenvalue weighted by Crippen LogP contribution is 2.51. The molecule has 7 nitrogen and oxygen atoms in total. The molecule has 2 aromatic heterocycles. The molecule has 1 saturated heterocycles. The fraction of sp³-hybridized carbons (Fsp3) is 0.474. The second kappa shape index (κ2) is 6.48. The Balaban J connectivity index is 1.40. The van der Waals surface area contributed by atoms with Crippen molar-refractivity contribution >= 4 is 34.7 Å². The van der Waals surface area contributed by atoms with E-state index in [2.05, 4.69) is 20.4 Å². The molecular formula is C19H19ClF2N6O. The number of hydrogen-bond acceptors (Lipinski definition) is 5. The lowest BCUT2D eigenvalue weighted by Gasteiger charge is -2.34. The van der Waals surface area contributed by atoms with Crippen LogP contribution in [0, 0.1) is 5.92 Å². The van der Waals surface area contributed by atoms with E-state index in [-0.39, 0.29) is 18.5 Å². The van der Waals surface area contributed by atoms with Crippen LogP contribution in [0.4, 0.5) is 20.4 Å². The smallest absolute Gasteiger partial charge is 0.260 e. The maximum atomic E-state index is 13.4. The van der Waals surface area contributed by atoms with Gasteiger partial charge in [0.2, 0.25) is 11.9 Å². The molecule has 0 spiro atoms. The Bertz CT molecular complexity index is 1020. The van der Waals surface area contributed by atoms with Crippen LogP contribution in [0.1, 0.15) is 31.4 Å². The van der Waals surface area contributed by atoms with Crippen molar-refractivity contribution in [3.63, 3.8) is 0 Å². The molecule has 1 saturated carbocycles. The van der Waals surface area contributed by atoms with Crippen molar-refractivity contribution in [3.05, 3.63) is 35.4 Å². The normalized spacial score (nSPS) is 27.0. The van der Waals surface area contributed by atoms with Gasteiger partial charge in [0.05, 0.1) is 34.8 Å². The van der Waals surface area contributed by atoms with Gasteiger partial charge in [-0.05, 0) is 24.8 Å². The molecule has 4 heterocycles. The summed E-state index contributed by atoms with van der Waals surface area (Å²) in [4.78, 5) is 23.0. The number of aromatic nitrogens is 4. The number of anilines is 2. The third-order valence-electron chi connectivity index (χ3n) is 5.78. The van der Waals surface area contributed by atoms with Crippen LogP contribution in [0.3, 0.4) is 0 Å². The lowest BCUT2D eigenvalue weighted by Crippen LogP contribution is -2.44. The van der Waals surface area contributed by atoms with Crippen LogP contribution in [0.5, 0.6) is 0 Å². The third kappa shape index (κ3) is 3.27. The summed E-state index contributed by atoms with van der Waals surface area (Å²) in [6.07, 6.45) is 8.71. The lowest BCUT2D eigenvalue weighted by atomic mass is 9.97. The van der Waals surface area contributed by atoms with Gasteiger partial charge in [0, 0.05) is 25.7 Å². The highest BCUT2D eigenvalue weighted by molar-refractivity contribution is 6.32. The molecule has 0 aromatic carbocycles. The molecule has 2 unspecified atom stereocenters. The third-order valence-corrected chi connectivity index (χ3v) is 6.06. The highest BCUT2D eigenvalue weighted by Gasteiger charge is 2.63. The number of aryl methyl sites for hydroxylation is 1. The number of amides is 1. The monoisotopic (exact) mass is 420 g/mol. The Kier molecular flexibility index (Phi) is 4.13. The van der Waals surface area contributed by atoms with Gasteiger partial charge < -0.3 is 10.2 Å². The Labute approximate surface area is 170 Å². The summed E-state index contributed by atoms with van der Waals surface area (Å²) in [6, 6.07) is -0.280. The SMILES string of the molecule is Cn1cc(Nc2ncc(Cl)c(C3=CC4CCC(C3)N4C(=O)[C@@H]3CC3(F)F)n2)cn1. The Morgan fingerprint density at radius 2 is 2.14 bits per heavy atom. The van der Waals surface area contributed by atoms with Crippen LogP contribution in [0.2, 0.25) is 5.02 Å². The van der Waals surface area contributed by atoms with E-state index in [9.17, 15) is 13.6 Å². The minimum Gasteiger partial charge on any atom is -0.332 e. The summed E-state index contributed by atoms with van der Waals surface area (Å²) in [7, 11) is 1.81. The molecule has 152 valence electrons. The largest absolute Gasteiger partial charge is 0.332 e. The summed E-state index contributed by atoms with van der Waals surface area (Å²) in [6.45, 7) is 0. The van der Waals surface area contributed by atoms with E-state index in [4.69, 9.17) is 11.6 Å². The quantitative estimate of drug-likeness (QED) is 0.820. The average Bonchev–Trinajstić information content (AvgIpc) is 2.97. The van der Waals surface area contributed by atoms with Crippen molar-refractivity contribution < 1.29 is 13.6 Å². The summed E-state index contributed by atoms with van der Waals surface area (Å²) >= 11 is 6.36. The Hall–Kier alpha value is -2.55. The van der Waals surface area contributed by atoms with Crippen molar-refractivity contribution in [1.29, 1.82) is 0 Å². The van der Waals surface area contributed by atoms with Crippen LogP contribution < -0.4 is 5.32 Å². The van der Waals surface area contributed by atoms with Crippen molar-refractivity contribution in [3.8, 4) is 0 Å². The van der Waals surface area contributed by atoms with E-state index in [0.29, 0.717) is 23.1 Å². The van der Waals surface area contributed by atoms with Crippen molar-refractivity contribution in [2.75, 3.05) is 5.32 Å². The lowest BCUT2D eigenvalue weighted by molar-refractivity contribution is -0.137. The minimum atomic E-state index is -2.84. The van der Waals surface area contributed by atoms with Gasteiger partial charge in [-0.25, -0.2) is 18.7 Å². The fourth-order valence-corrected chi connectivity index (χ4v) is 4.49. The van der Waals surface area contributed by atoms with Crippen LogP contribution >= 0.6 is 11.6 Å². The molecule has 2 fully saturated rings. The summed E-state index contributed by atoms with van der Waals surface area (Å²) in [5, 5.41) is 7.60. The Morgan fingerprint density at radius 1 is 1.34 bits per heavy atom. The summed E-state index contributed by atoms with van der Waals surface area (Å²) < 4.78 is 28.4. The molecule has 3 atom stereocenters. The average molecular weight is 421 g/mol. The van der Waals surface area contributed by atoms with Crippen LogP contribution in [0.25, 0.3) is 5.57 Å². The predicted octanol–water partition coefficient (Wildman–Crippen LogP) is 3.41. The van der Waals surface area contributed by atoms with E-state index in [1.165, 1.54) is 6.20 Å². The first kappa shape index (κ1) is 18.5. The molecule has 2 aromatic rings. The van der Waals surface area contributed by atoms with Crippen LogP contribution in [0.15, 0.2) is 24.7 Å². The van der Waals surface area contributed by atoms with E-state index >= 15 is 0 Å². The first-order valence-corrected chi connectivity index (χ1v) is 9.89. The standard InChI is InChI=1S/C19H19ClF2N6O/c1-27-9-11(7-24-27)25-18-23-8-15(20)16(26-18)10-4-12-2-3-13(5-10)28(12)17(29)14-6-19(14,21)22/h4,7-9,12-14H,2-3,5-6H2,1H3,(H,23,25,26)/t12?,13?,14-/m0/s1. The molecule has 1 amide bonds. The molecule has 29 heavy (non-hydrogen) atoms. The minimum absolute atomic E-state index is 0.0929. The van der Waals surface area contributed by atoms with Gasteiger partial charge in [0.25, 0.3) is 5.92 Å². The van der Waals surface area contributed by atoms with Gasteiger partial charge in [-0.1, -0.05) is 17.7 Å².